The number of esters is 1. The van der Waals surface area contributed by atoms with Crippen molar-refractivity contribution in [3.63, 3.8) is 0 Å². The van der Waals surface area contributed by atoms with E-state index in [2.05, 4.69) is 0 Å². The summed E-state index contributed by atoms with van der Waals surface area (Å²) in [6.45, 7) is 0. The van der Waals surface area contributed by atoms with Crippen molar-refractivity contribution in [1.82, 2.24) is 4.90 Å². The van der Waals surface area contributed by atoms with Gasteiger partial charge in [-0.25, -0.2) is 4.79 Å². The third-order valence-electron chi connectivity index (χ3n) is 3.27. The van der Waals surface area contributed by atoms with Crippen molar-refractivity contribution in [2.75, 3.05) is 7.11 Å². The van der Waals surface area contributed by atoms with Crippen LogP contribution in [0.1, 0.15) is 12.0 Å². The van der Waals surface area contributed by atoms with E-state index in [1.807, 2.05) is 30.3 Å². The van der Waals surface area contributed by atoms with Gasteiger partial charge in [-0.15, -0.1) is 0 Å². The number of carbonyl (C=O) groups excluding carboxylic acids is 3. The molecule has 0 aliphatic carbocycles. The normalized spacial score (nSPS) is 20.1. The number of carbonyl (C=O) groups is 3. The van der Waals surface area contributed by atoms with Gasteiger partial charge in [0.05, 0.1) is 19.6 Å². The Hall–Kier alpha value is -2.21. The maximum atomic E-state index is 11.9. The maximum Gasteiger partial charge on any atom is 0.329 e. The van der Waals surface area contributed by atoms with Crippen molar-refractivity contribution in [2.24, 2.45) is 5.73 Å². The summed E-state index contributed by atoms with van der Waals surface area (Å²) in [6, 6.07) is 7.30. The number of hydrogen-bond acceptors (Lipinski definition) is 5. The van der Waals surface area contributed by atoms with Gasteiger partial charge < -0.3 is 10.5 Å². The van der Waals surface area contributed by atoms with Crippen LogP contribution in [0.5, 0.6) is 0 Å². The fourth-order valence-electron chi connectivity index (χ4n) is 2.26. The quantitative estimate of drug-likeness (QED) is 0.610. The smallest absolute Gasteiger partial charge is 0.329 e. The van der Waals surface area contributed by atoms with Crippen molar-refractivity contribution in [3.8, 4) is 0 Å². The average Bonchev–Trinajstić information content (AvgIpc) is 2.70. The Morgan fingerprint density at radius 1 is 1.40 bits per heavy atom. The monoisotopic (exact) mass is 276 g/mol. The highest BCUT2D eigenvalue weighted by molar-refractivity contribution is 6.08. The second-order valence-corrected chi connectivity index (χ2v) is 4.64. The van der Waals surface area contributed by atoms with Gasteiger partial charge in [-0.1, -0.05) is 30.3 Å². The van der Waals surface area contributed by atoms with Gasteiger partial charge in [0.2, 0.25) is 11.8 Å². The molecule has 6 heteroatoms. The molecule has 1 saturated heterocycles. The lowest BCUT2D eigenvalue weighted by Crippen LogP contribution is -2.48. The number of nitrogens with zero attached hydrogens (tertiary/aromatic N) is 1. The van der Waals surface area contributed by atoms with Crippen molar-refractivity contribution in [1.29, 1.82) is 0 Å². The van der Waals surface area contributed by atoms with Crippen LogP contribution in [0.25, 0.3) is 0 Å². The van der Waals surface area contributed by atoms with Gasteiger partial charge in [-0.3, -0.25) is 14.5 Å². The summed E-state index contributed by atoms with van der Waals surface area (Å²) in [6.07, 6.45) is 0.152. The zero-order valence-electron chi connectivity index (χ0n) is 11.1. The Labute approximate surface area is 116 Å². The third kappa shape index (κ3) is 2.70. The molecule has 2 rings (SSSR count). The minimum atomic E-state index is -0.962. The van der Waals surface area contributed by atoms with Crippen molar-refractivity contribution < 1.29 is 19.1 Å². The molecule has 1 aromatic carbocycles. The third-order valence-corrected chi connectivity index (χ3v) is 3.27. The van der Waals surface area contributed by atoms with E-state index in [1.54, 1.807) is 0 Å². The predicted octanol–water partition coefficient (Wildman–Crippen LogP) is -0.143. The molecule has 0 spiro atoms. The highest BCUT2D eigenvalue weighted by Crippen LogP contribution is 2.19. The fourth-order valence-corrected chi connectivity index (χ4v) is 2.26. The summed E-state index contributed by atoms with van der Waals surface area (Å²) in [5, 5.41) is 0. The Bertz CT molecular complexity index is 529. The average molecular weight is 276 g/mol. The van der Waals surface area contributed by atoms with E-state index in [9.17, 15) is 14.4 Å². The van der Waals surface area contributed by atoms with Crippen LogP contribution >= 0.6 is 0 Å². The zero-order valence-corrected chi connectivity index (χ0v) is 11.1. The molecule has 1 aliphatic heterocycles. The fraction of sp³-hybridized carbons (Fsp3) is 0.357. The van der Waals surface area contributed by atoms with Gasteiger partial charge in [-0.05, 0) is 5.56 Å². The molecule has 106 valence electrons. The van der Waals surface area contributed by atoms with E-state index < -0.39 is 29.9 Å². The van der Waals surface area contributed by atoms with E-state index >= 15 is 0 Å². The number of methoxy groups -OCH3 is 1. The number of ether oxygens (including phenoxy) is 1. The molecule has 1 aromatic rings. The van der Waals surface area contributed by atoms with Crippen LogP contribution in [0.3, 0.4) is 0 Å². The van der Waals surface area contributed by atoms with Gasteiger partial charge in [-0.2, -0.15) is 0 Å². The number of imide groups is 1. The standard InChI is InChI=1S/C14H16N2O4/c1-20-14(19)11(7-9-5-3-2-4-6-9)16-12(17)8-10(15)13(16)18/h2-6,10-11H,7-8,15H2,1H3. The zero-order chi connectivity index (χ0) is 14.7. The molecule has 0 aromatic heterocycles. The second-order valence-electron chi connectivity index (χ2n) is 4.64. The molecule has 0 radical (unpaired) electrons. The molecule has 1 aliphatic rings. The largest absolute Gasteiger partial charge is 0.467 e. The summed E-state index contributed by atoms with van der Waals surface area (Å²) < 4.78 is 4.70. The number of nitrogens with two attached hydrogens (primary N) is 1. The van der Waals surface area contributed by atoms with E-state index in [-0.39, 0.29) is 12.8 Å². The molecular formula is C14H16N2O4. The highest BCUT2D eigenvalue weighted by Gasteiger charge is 2.43. The van der Waals surface area contributed by atoms with Gasteiger partial charge in [0.15, 0.2) is 0 Å². The number of likely N-dealkylation sites (tertiary alicyclic amines) is 1. The first-order valence-electron chi connectivity index (χ1n) is 6.28. The van der Waals surface area contributed by atoms with Crippen LogP contribution in [-0.2, 0) is 25.5 Å². The summed E-state index contributed by atoms with van der Waals surface area (Å²) in [4.78, 5) is 36.6. The highest BCUT2D eigenvalue weighted by atomic mass is 16.5. The molecule has 0 saturated carbocycles. The van der Waals surface area contributed by atoms with Gasteiger partial charge in [0, 0.05) is 6.42 Å². The lowest BCUT2D eigenvalue weighted by molar-refractivity contribution is -0.156. The van der Waals surface area contributed by atoms with Crippen LogP contribution < -0.4 is 5.73 Å². The van der Waals surface area contributed by atoms with E-state index in [0.717, 1.165) is 10.5 Å². The topological polar surface area (TPSA) is 89.7 Å². The molecule has 2 atom stereocenters. The molecule has 6 nitrogen and oxygen atoms in total. The SMILES string of the molecule is COC(=O)C(Cc1ccccc1)N1C(=O)CC(N)C1=O. The van der Waals surface area contributed by atoms with Crippen LogP contribution in [0.2, 0.25) is 0 Å². The minimum Gasteiger partial charge on any atom is -0.467 e. The molecule has 2 unspecified atom stereocenters. The number of amides is 2. The van der Waals surface area contributed by atoms with Gasteiger partial charge in [0.1, 0.15) is 6.04 Å². The predicted molar refractivity (Wildman–Crippen MR) is 70.4 cm³/mol. The van der Waals surface area contributed by atoms with E-state index in [1.165, 1.54) is 7.11 Å². The van der Waals surface area contributed by atoms with E-state index in [4.69, 9.17) is 10.5 Å². The molecule has 1 fully saturated rings. The first kappa shape index (κ1) is 14.2. The number of rotatable bonds is 4. The molecular weight excluding hydrogens is 260 g/mol. The Balaban J connectivity index is 2.27. The first-order chi connectivity index (χ1) is 9.54. The summed E-state index contributed by atoms with van der Waals surface area (Å²) >= 11 is 0. The maximum absolute atomic E-state index is 11.9. The molecule has 2 N–H and O–H groups in total. The van der Waals surface area contributed by atoms with Crippen LogP contribution in [0.15, 0.2) is 30.3 Å². The summed E-state index contributed by atoms with van der Waals surface area (Å²) in [7, 11) is 1.23. The van der Waals surface area contributed by atoms with Crippen molar-refractivity contribution >= 4 is 17.8 Å². The van der Waals surface area contributed by atoms with Crippen LogP contribution in [0.4, 0.5) is 0 Å². The van der Waals surface area contributed by atoms with Crippen molar-refractivity contribution in [2.45, 2.75) is 24.9 Å². The molecule has 2 amide bonds. The van der Waals surface area contributed by atoms with Gasteiger partial charge in [0.25, 0.3) is 0 Å². The molecule has 1 heterocycles. The van der Waals surface area contributed by atoms with E-state index in [0.29, 0.717) is 0 Å². The number of hydrogen-bond donors (Lipinski definition) is 1. The lowest BCUT2D eigenvalue weighted by Gasteiger charge is -2.24. The summed E-state index contributed by atoms with van der Waals surface area (Å²) in [5.41, 5.74) is 6.40. The number of benzene rings is 1. The first-order valence-corrected chi connectivity index (χ1v) is 6.28. The van der Waals surface area contributed by atoms with Crippen molar-refractivity contribution in [3.05, 3.63) is 35.9 Å². The summed E-state index contributed by atoms with van der Waals surface area (Å²) in [5.74, 6) is -1.58. The van der Waals surface area contributed by atoms with Crippen LogP contribution in [-0.4, -0.2) is 41.9 Å². The van der Waals surface area contributed by atoms with Gasteiger partial charge >= 0.3 is 5.97 Å². The lowest BCUT2D eigenvalue weighted by atomic mass is 10.0. The Kier molecular flexibility index (Phi) is 4.14. The Morgan fingerprint density at radius 3 is 2.55 bits per heavy atom. The van der Waals surface area contributed by atoms with Crippen LogP contribution in [0, 0.1) is 0 Å². The minimum absolute atomic E-state index is 0.0683. The second kappa shape index (κ2) is 5.83. The molecule has 20 heavy (non-hydrogen) atoms. The Morgan fingerprint density at radius 2 is 2.05 bits per heavy atom. The molecule has 0 bridgehead atoms.